The fraction of sp³-hybridized carbons (Fsp3) is 0.435. The van der Waals surface area contributed by atoms with E-state index in [2.05, 4.69) is 22.0 Å². The number of anilines is 1. The summed E-state index contributed by atoms with van der Waals surface area (Å²) in [6.07, 6.45) is 0. The molecule has 2 aromatic rings. The number of piperazine rings is 1. The highest BCUT2D eigenvalue weighted by Crippen LogP contribution is 2.29. The van der Waals surface area contributed by atoms with E-state index in [9.17, 15) is 5.11 Å². The molecule has 1 heterocycles. The van der Waals surface area contributed by atoms with E-state index in [0.717, 1.165) is 49.9 Å². The molecule has 0 aliphatic carbocycles. The molecule has 8 nitrogen and oxygen atoms in total. The molecule has 0 atom stereocenters. The largest absolute Gasteiger partial charge is 0.506 e. The van der Waals surface area contributed by atoms with E-state index in [0.29, 0.717) is 23.8 Å². The van der Waals surface area contributed by atoms with E-state index in [1.165, 1.54) is 0 Å². The van der Waals surface area contributed by atoms with E-state index in [4.69, 9.17) is 19.6 Å². The SMILES string of the molecule is CCNC(=NCc1ccc(OCCO)c(OC)c1)N1CCN(c2ccccc2O)CC1.I. The van der Waals surface area contributed by atoms with Gasteiger partial charge in [-0.15, -0.1) is 24.0 Å². The summed E-state index contributed by atoms with van der Waals surface area (Å²) in [5.74, 6) is 2.43. The Morgan fingerprint density at radius 3 is 2.50 bits per heavy atom. The zero-order valence-corrected chi connectivity index (χ0v) is 21.0. The van der Waals surface area contributed by atoms with E-state index < -0.39 is 0 Å². The Labute approximate surface area is 206 Å². The maximum absolute atomic E-state index is 10.1. The highest BCUT2D eigenvalue weighted by Gasteiger charge is 2.21. The Kier molecular flexibility index (Phi) is 10.7. The van der Waals surface area contributed by atoms with Crippen molar-refractivity contribution < 1.29 is 19.7 Å². The molecule has 3 rings (SSSR count). The van der Waals surface area contributed by atoms with Gasteiger partial charge in [-0.2, -0.15) is 0 Å². The number of hydrogen-bond donors (Lipinski definition) is 3. The number of benzene rings is 2. The number of nitrogens with one attached hydrogen (secondary N) is 1. The van der Waals surface area contributed by atoms with E-state index in [-0.39, 0.29) is 37.2 Å². The molecular weight excluding hydrogens is 523 g/mol. The number of phenolic OH excluding ortho intramolecular Hbond substituents is 1. The van der Waals surface area contributed by atoms with Gasteiger partial charge in [-0.3, -0.25) is 0 Å². The Morgan fingerprint density at radius 1 is 1.09 bits per heavy atom. The predicted molar refractivity (Wildman–Crippen MR) is 138 cm³/mol. The van der Waals surface area contributed by atoms with Crippen molar-refractivity contribution in [3.05, 3.63) is 48.0 Å². The van der Waals surface area contributed by atoms with Crippen LogP contribution in [0.3, 0.4) is 0 Å². The van der Waals surface area contributed by atoms with Gasteiger partial charge in [0.05, 0.1) is 25.9 Å². The lowest BCUT2D eigenvalue weighted by molar-refractivity contribution is 0.196. The van der Waals surface area contributed by atoms with Crippen LogP contribution in [-0.2, 0) is 6.54 Å². The zero-order valence-electron chi connectivity index (χ0n) is 18.7. The molecule has 9 heteroatoms. The smallest absolute Gasteiger partial charge is 0.194 e. The molecule has 0 spiro atoms. The van der Waals surface area contributed by atoms with Crippen LogP contribution in [0.15, 0.2) is 47.5 Å². The van der Waals surface area contributed by atoms with Crippen LogP contribution in [0, 0.1) is 0 Å². The normalized spacial score (nSPS) is 14.0. The number of aliphatic hydroxyl groups excluding tert-OH is 1. The van der Waals surface area contributed by atoms with Gasteiger partial charge in [-0.25, -0.2) is 4.99 Å². The van der Waals surface area contributed by atoms with Crippen LogP contribution >= 0.6 is 24.0 Å². The molecule has 2 aromatic carbocycles. The van der Waals surface area contributed by atoms with Crippen LogP contribution in [0.25, 0.3) is 0 Å². The molecule has 1 fully saturated rings. The van der Waals surface area contributed by atoms with Gasteiger partial charge in [0.25, 0.3) is 0 Å². The Bertz CT molecular complexity index is 873. The number of guanidine groups is 1. The Morgan fingerprint density at radius 2 is 1.84 bits per heavy atom. The molecule has 0 amide bonds. The van der Waals surface area contributed by atoms with Crippen LogP contribution in [0.4, 0.5) is 5.69 Å². The first kappa shape index (κ1) is 25.9. The Hall–Kier alpha value is -2.40. The summed E-state index contributed by atoms with van der Waals surface area (Å²) in [7, 11) is 1.60. The number of halogens is 1. The number of aromatic hydroxyl groups is 1. The lowest BCUT2D eigenvalue weighted by Crippen LogP contribution is -2.52. The average Bonchev–Trinajstić information content (AvgIpc) is 2.81. The van der Waals surface area contributed by atoms with Gasteiger partial charge in [0.1, 0.15) is 12.4 Å². The molecule has 1 saturated heterocycles. The fourth-order valence-electron chi connectivity index (χ4n) is 3.57. The zero-order chi connectivity index (χ0) is 22.1. The summed E-state index contributed by atoms with van der Waals surface area (Å²) in [5.41, 5.74) is 1.89. The molecule has 1 aliphatic rings. The second-order valence-electron chi connectivity index (χ2n) is 7.19. The average molecular weight is 556 g/mol. The maximum Gasteiger partial charge on any atom is 0.194 e. The molecule has 0 saturated carbocycles. The lowest BCUT2D eigenvalue weighted by atomic mass is 10.2. The van der Waals surface area contributed by atoms with E-state index in [1.54, 1.807) is 13.2 Å². The number of hydrogen-bond acceptors (Lipinski definition) is 6. The minimum Gasteiger partial charge on any atom is -0.506 e. The number of aliphatic hydroxyl groups is 1. The summed E-state index contributed by atoms with van der Waals surface area (Å²) in [6.45, 7) is 6.80. The monoisotopic (exact) mass is 556 g/mol. The van der Waals surface area contributed by atoms with Gasteiger partial charge in [0, 0.05) is 32.7 Å². The van der Waals surface area contributed by atoms with Crippen LogP contribution in [0.2, 0.25) is 0 Å². The number of aliphatic imine (C=N–C) groups is 1. The number of phenols is 1. The number of nitrogens with zero attached hydrogens (tertiary/aromatic N) is 3. The molecule has 1 aliphatic heterocycles. The summed E-state index contributed by atoms with van der Waals surface area (Å²) in [5, 5.41) is 22.4. The molecule has 176 valence electrons. The molecule has 3 N–H and O–H groups in total. The first-order chi connectivity index (χ1) is 15.2. The van der Waals surface area contributed by atoms with Crippen molar-refractivity contribution in [2.24, 2.45) is 4.99 Å². The van der Waals surface area contributed by atoms with Gasteiger partial charge < -0.3 is 34.8 Å². The second kappa shape index (κ2) is 13.2. The molecule has 0 bridgehead atoms. The van der Waals surface area contributed by atoms with Crippen LogP contribution in [0.1, 0.15) is 12.5 Å². The highest BCUT2D eigenvalue weighted by molar-refractivity contribution is 14.0. The van der Waals surface area contributed by atoms with Crippen molar-refractivity contribution in [3.63, 3.8) is 0 Å². The van der Waals surface area contributed by atoms with E-state index in [1.807, 2.05) is 36.4 Å². The Balaban J connectivity index is 0.00000363. The first-order valence-corrected chi connectivity index (χ1v) is 10.6. The number of para-hydroxylation sites is 2. The summed E-state index contributed by atoms with van der Waals surface area (Å²) < 4.78 is 10.9. The molecule has 0 aromatic heterocycles. The van der Waals surface area contributed by atoms with Crippen LogP contribution < -0.4 is 19.7 Å². The standard InChI is InChI=1S/C23H32N4O4.HI/c1-3-24-23(25-17-18-8-9-21(31-15-14-28)22(16-18)30-2)27-12-10-26(11-13-27)19-6-4-5-7-20(19)29;/h4-9,16,28-29H,3,10-15,17H2,1-2H3,(H,24,25);1H. The summed E-state index contributed by atoms with van der Waals surface area (Å²) >= 11 is 0. The third-order valence-electron chi connectivity index (χ3n) is 5.12. The van der Waals surface area contributed by atoms with Gasteiger partial charge in [0.2, 0.25) is 0 Å². The van der Waals surface area contributed by atoms with Crippen molar-refractivity contribution >= 4 is 35.6 Å². The topological polar surface area (TPSA) is 89.8 Å². The molecular formula is C23H33IN4O4. The first-order valence-electron chi connectivity index (χ1n) is 10.6. The quantitative estimate of drug-likeness (QED) is 0.262. The molecule has 0 radical (unpaired) electrons. The second-order valence-corrected chi connectivity index (χ2v) is 7.19. The van der Waals surface area contributed by atoms with Gasteiger partial charge in [-0.1, -0.05) is 18.2 Å². The predicted octanol–water partition coefficient (Wildman–Crippen LogP) is 2.68. The van der Waals surface area contributed by atoms with Crippen molar-refractivity contribution in [2.75, 3.05) is 57.9 Å². The van der Waals surface area contributed by atoms with Gasteiger partial charge in [-0.05, 0) is 36.8 Å². The van der Waals surface area contributed by atoms with Gasteiger partial charge >= 0.3 is 0 Å². The number of rotatable bonds is 8. The fourth-order valence-corrected chi connectivity index (χ4v) is 3.57. The van der Waals surface area contributed by atoms with Crippen LogP contribution in [-0.4, -0.2) is 74.1 Å². The van der Waals surface area contributed by atoms with Gasteiger partial charge in [0.15, 0.2) is 17.5 Å². The van der Waals surface area contributed by atoms with Crippen molar-refractivity contribution in [1.82, 2.24) is 10.2 Å². The molecule has 0 unspecified atom stereocenters. The summed E-state index contributed by atoms with van der Waals surface area (Å²) in [4.78, 5) is 9.26. The number of methoxy groups -OCH3 is 1. The molecule has 32 heavy (non-hydrogen) atoms. The third kappa shape index (κ3) is 6.80. The summed E-state index contributed by atoms with van der Waals surface area (Å²) in [6, 6.07) is 13.2. The maximum atomic E-state index is 10.1. The van der Waals surface area contributed by atoms with Crippen LogP contribution in [0.5, 0.6) is 17.2 Å². The highest BCUT2D eigenvalue weighted by atomic mass is 127. The minimum atomic E-state index is -0.0433. The number of ether oxygens (including phenoxy) is 2. The minimum absolute atomic E-state index is 0. The lowest BCUT2D eigenvalue weighted by Gasteiger charge is -2.37. The van der Waals surface area contributed by atoms with Crippen molar-refractivity contribution in [1.29, 1.82) is 0 Å². The van der Waals surface area contributed by atoms with E-state index >= 15 is 0 Å². The van der Waals surface area contributed by atoms with Crippen molar-refractivity contribution in [3.8, 4) is 17.2 Å². The third-order valence-corrected chi connectivity index (χ3v) is 5.12. The van der Waals surface area contributed by atoms with Crippen molar-refractivity contribution in [2.45, 2.75) is 13.5 Å².